The van der Waals surface area contributed by atoms with Gasteiger partial charge in [-0.2, -0.15) is 0 Å². The summed E-state index contributed by atoms with van der Waals surface area (Å²) in [6.45, 7) is 2.64. The number of hydrogen-bond acceptors (Lipinski definition) is 3. The van der Waals surface area contributed by atoms with Crippen LogP contribution < -0.4 is 5.32 Å². The first-order valence-electron chi connectivity index (χ1n) is 8.04. The Morgan fingerprint density at radius 1 is 1.39 bits per heavy atom. The average Bonchev–Trinajstić information content (AvgIpc) is 2.98. The van der Waals surface area contributed by atoms with Crippen molar-refractivity contribution in [2.24, 2.45) is 0 Å². The van der Waals surface area contributed by atoms with Crippen molar-refractivity contribution in [2.45, 2.75) is 38.6 Å². The molecule has 2 aromatic rings. The zero-order valence-electron chi connectivity index (χ0n) is 13.6. The van der Waals surface area contributed by atoms with Crippen molar-refractivity contribution in [3.05, 3.63) is 35.8 Å². The van der Waals surface area contributed by atoms with E-state index in [1.54, 1.807) is 11.9 Å². The van der Waals surface area contributed by atoms with Crippen molar-refractivity contribution < 1.29 is 9.59 Å². The SMILES string of the molecule is CNC(=O)[C@@H]1CCCCN1C(=O)Cc1cn2cccc(C)c2n1. The average molecular weight is 314 g/mol. The summed E-state index contributed by atoms with van der Waals surface area (Å²) in [4.78, 5) is 30.9. The molecule has 1 aliphatic heterocycles. The molecule has 1 fully saturated rings. The molecule has 0 bridgehead atoms. The minimum Gasteiger partial charge on any atom is -0.357 e. The smallest absolute Gasteiger partial charge is 0.242 e. The van der Waals surface area contributed by atoms with Crippen LogP contribution in [-0.2, 0) is 16.0 Å². The number of rotatable bonds is 3. The van der Waals surface area contributed by atoms with Gasteiger partial charge in [-0.05, 0) is 37.8 Å². The molecule has 2 amide bonds. The Morgan fingerprint density at radius 2 is 2.22 bits per heavy atom. The largest absolute Gasteiger partial charge is 0.357 e. The molecule has 122 valence electrons. The van der Waals surface area contributed by atoms with Crippen LogP contribution in [-0.4, -0.2) is 45.7 Å². The van der Waals surface area contributed by atoms with Crippen LogP contribution in [0.1, 0.15) is 30.5 Å². The molecule has 6 nitrogen and oxygen atoms in total. The molecule has 1 saturated heterocycles. The van der Waals surface area contributed by atoms with E-state index in [1.807, 2.05) is 35.9 Å². The minimum atomic E-state index is -0.347. The molecule has 23 heavy (non-hydrogen) atoms. The topological polar surface area (TPSA) is 66.7 Å². The highest BCUT2D eigenvalue weighted by atomic mass is 16.2. The normalized spacial score (nSPS) is 18.2. The molecule has 0 unspecified atom stereocenters. The van der Waals surface area contributed by atoms with Gasteiger partial charge in [0, 0.05) is 26.0 Å². The fourth-order valence-corrected chi connectivity index (χ4v) is 3.22. The number of hydrogen-bond donors (Lipinski definition) is 1. The first-order chi connectivity index (χ1) is 11.1. The van der Waals surface area contributed by atoms with Gasteiger partial charge in [-0.3, -0.25) is 9.59 Å². The summed E-state index contributed by atoms with van der Waals surface area (Å²) in [5.74, 6) is -0.108. The lowest BCUT2D eigenvalue weighted by molar-refractivity contribution is -0.141. The van der Waals surface area contributed by atoms with E-state index in [0.717, 1.165) is 36.2 Å². The van der Waals surface area contributed by atoms with Crippen LogP contribution in [0, 0.1) is 6.92 Å². The number of nitrogens with zero attached hydrogens (tertiary/aromatic N) is 3. The predicted octanol–water partition coefficient (Wildman–Crippen LogP) is 1.31. The number of fused-ring (bicyclic) bond motifs is 1. The summed E-state index contributed by atoms with van der Waals surface area (Å²) in [6.07, 6.45) is 6.71. The van der Waals surface area contributed by atoms with Crippen molar-refractivity contribution in [3.63, 3.8) is 0 Å². The van der Waals surface area contributed by atoms with Gasteiger partial charge < -0.3 is 14.6 Å². The Balaban J connectivity index is 1.78. The van der Waals surface area contributed by atoms with Gasteiger partial charge in [-0.1, -0.05) is 6.07 Å². The van der Waals surface area contributed by atoms with Crippen LogP contribution in [0.3, 0.4) is 0 Å². The molecular formula is C17H22N4O2. The molecule has 3 heterocycles. The number of pyridine rings is 1. The summed E-state index contributed by atoms with van der Waals surface area (Å²) < 4.78 is 1.93. The van der Waals surface area contributed by atoms with Crippen molar-refractivity contribution in [3.8, 4) is 0 Å². The molecule has 0 radical (unpaired) electrons. The molecule has 0 aromatic carbocycles. The first kappa shape index (κ1) is 15.5. The molecule has 6 heteroatoms. The van der Waals surface area contributed by atoms with Crippen LogP contribution in [0.25, 0.3) is 5.65 Å². The van der Waals surface area contributed by atoms with E-state index in [-0.39, 0.29) is 24.3 Å². The molecule has 1 N–H and O–H groups in total. The highest BCUT2D eigenvalue weighted by Crippen LogP contribution is 2.19. The molecule has 3 rings (SSSR count). The van der Waals surface area contributed by atoms with Crippen molar-refractivity contribution >= 4 is 17.5 Å². The van der Waals surface area contributed by atoms with Crippen molar-refractivity contribution in [2.75, 3.05) is 13.6 Å². The highest BCUT2D eigenvalue weighted by Gasteiger charge is 2.31. The number of likely N-dealkylation sites (N-methyl/N-ethyl adjacent to an activating group) is 1. The molecule has 0 aliphatic carbocycles. The second-order valence-corrected chi connectivity index (χ2v) is 6.04. The standard InChI is InChI=1S/C17H22N4O2/c1-12-6-5-8-20-11-13(19-16(12)20)10-15(22)21-9-4-3-7-14(21)17(23)18-2/h5-6,8,11,14H,3-4,7,9-10H2,1-2H3,(H,18,23)/t14-/m0/s1. The minimum absolute atomic E-state index is 0.0284. The quantitative estimate of drug-likeness (QED) is 0.929. The van der Waals surface area contributed by atoms with Crippen LogP contribution in [0.2, 0.25) is 0 Å². The summed E-state index contributed by atoms with van der Waals surface area (Å²) in [7, 11) is 1.62. The number of aromatic nitrogens is 2. The third-order valence-corrected chi connectivity index (χ3v) is 4.43. The monoisotopic (exact) mass is 314 g/mol. The van der Waals surface area contributed by atoms with Gasteiger partial charge in [0.2, 0.25) is 11.8 Å². The van der Waals surface area contributed by atoms with Crippen molar-refractivity contribution in [1.82, 2.24) is 19.6 Å². The van der Waals surface area contributed by atoms with Crippen LogP contribution in [0.15, 0.2) is 24.5 Å². The third kappa shape index (κ3) is 3.06. The van der Waals surface area contributed by atoms with Gasteiger partial charge in [0.25, 0.3) is 0 Å². The second kappa shape index (κ2) is 6.40. The number of nitrogens with one attached hydrogen (secondary N) is 1. The van der Waals surface area contributed by atoms with Gasteiger partial charge in [-0.15, -0.1) is 0 Å². The molecule has 0 spiro atoms. The van der Waals surface area contributed by atoms with Gasteiger partial charge in [0.15, 0.2) is 0 Å². The Kier molecular flexibility index (Phi) is 4.32. The van der Waals surface area contributed by atoms with E-state index in [2.05, 4.69) is 10.3 Å². The van der Waals surface area contributed by atoms with E-state index >= 15 is 0 Å². The van der Waals surface area contributed by atoms with Gasteiger partial charge in [-0.25, -0.2) is 4.98 Å². The maximum atomic E-state index is 12.7. The lowest BCUT2D eigenvalue weighted by Crippen LogP contribution is -2.51. The van der Waals surface area contributed by atoms with Gasteiger partial charge >= 0.3 is 0 Å². The summed E-state index contributed by atoms with van der Waals surface area (Å²) in [5.41, 5.74) is 2.69. The fraction of sp³-hybridized carbons (Fsp3) is 0.471. The van der Waals surface area contributed by atoms with E-state index in [4.69, 9.17) is 0 Å². The number of imidazole rings is 1. The number of carbonyl (C=O) groups is 2. The number of piperidine rings is 1. The Labute approximate surface area is 135 Å². The number of carbonyl (C=O) groups excluding carboxylic acids is 2. The summed E-state index contributed by atoms with van der Waals surface area (Å²) >= 11 is 0. The lowest BCUT2D eigenvalue weighted by atomic mass is 10.0. The molecule has 0 saturated carbocycles. The van der Waals surface area contributed by atoms with Crippen LogP contribution in [0.5, 0.6) is 0 Å². The Bertz CT molecular complexity index is 737. The summed E-state index contributed by atoms with van der Waals surface area (Å²) in [6, 6.07) is 3.61. The second-order valence-electron chi connectivity index (χ2n) is 6.04. The maximum absolute atomic E-state index is 12.7. The van der Waals surface area contributed by atoms with E-state index in [0.29, 0.717) is 6.54 Å². The zero-order valence-corrected chi connectivity index (χ0v) is 13.6. The lowest BCUT2D eigenvalue weighted by Gasteiger charge is -2.34. The van der Waals surface area contributed by atoms with Crippen LogP contribution >= 0.6 is 0 Å². The Morgan fingerprint density at radius 3 is 2.96 bits per heavy atom. The highest BCUT2D eigenvalue weighted by molar-refractivity contribution is 5.88. The van der Waals surface area contributed by atoms with Crippen LogP contribution in [0.4, 0.5) is 0 Å². The Hall–Kier alpha value is -2.37. The fourth-order valence-electron chi connectivity index (χ4n) is 3.22. The molecule has 1 aliphatic rings. The van der Waals surface area contributed by atoms with E-state index in [1.165, 1.54) is 0 Å². The van der Waals surface area contributed by atoms with Crippen molar-refractivity contribution in [1.29, 1.82) is 0 Å². The number of amides is 2. The third-order valence-electron chi connectivity index (χ3n) is 4.43. The van der Waals surface area contributed by atoms with Gasteiger partial charge in [0.1, 0.15) is 11.7 Å². The molecule has 2 aromatic heterocycles. The van der Waals surface area contributed by atoms with Gasteiger partial charge in [0.05, 0.1) is 12.1 Å². The predicted molar refractivity (Wildman–Crippen MR) is 87.1 cm³/mol. The zero-order chi connectivity index (χ0) is 16.4. The number of aryl methyl sites for hydroxylation is 1. The van der Waals surface area contributed by atoms with E-state index in [9.17, 15) is 9.59 Å². The molecular weight excluding hydrogens is 292 g/mol. The maximum Gasteiger partial charge on any atom is 0.242 e. The summed E-state index contributed by atoms with van der Waals surface area (Å²) in [5, 5.41) is 2.66. The molecule has 1 atom stereocenters. The first-order valence-corrected chi connectivity index (χ1v) is 8.04. The number of likely N-dealkylation sites (tertiary alicyclic amines) is 1. The van der Waals surface area contributed by atoms with E-state index < -0.39 is 0 Å².